The SMILES string of the molecule is C=C(C)C(COCc1ccccc1)C(OI)C(O)n1ccc2c(C)ncnc21. The molecule has 7 heteroatoms. The molecule has 0 bridgehead atoms. The number of hydrogen-bond donors (Lipinski definition) is 1. The molecule has 6 nitrogen and oxygen atoms in total. The summed E-state index contributed by atoms with van der Waals surface area (Å²) in [5, 5.41) is 12.0. The van der Waals surface area contributed by atoms with Gasteiger partial charge in [-0.25, -0.2) is 9.97 Å². The predicted molar refractivity (Wildman–Crippen MR) is 117 cm³/mol. The molecule has 0 spiro atoms. The Balaban J connectivity index is 1.77. The van der Waals surface area contributed by atoms with Crippen LogP contribution in [0.1, 0.15) is 24.4 Å². The van der Waals surface area contributed by atoms with Crippen LogP contribution in [0, 0.1) is 12.8 Å². The van der Waals surface area contributed by atoms with Gasteiger partial charge in [0.25, 0.3) is 0 Å². The standard InChI is InChI=1S/C21H24IN3O3/c1-14(2)18(12-27-11-16-7-5-4-6-8-16)19(28-22)21(26)25-10-9-17-15(3)23-13-24-20(17)25/h4-10,13,18-19,21,26H,1,11-12H2,2-3H3. The van der Waals surface area contributed by atoms with Gasteiger partial charge in [0.2, 0.25) is 0 Å². The highest BCUT2D eigenvalue weighted by atomic mass is 127. The summed E-state index contributed by atoms with van der Waals surface area (Å²) < 4.78 is 13.3. The number of fused-ring (bicyclic) bond motifs is 1. The number of aryl methyl sites for hydroxylation is 1. The Labute approximate surface area is 178 Å². The number of ether oxygens (including phenoxy) is 1. The fourth-order valence-electron chi connectivity index (χ4n) is 3.18. The van der Waals surface area contributed by atoms with Crippen molar-refractivity contribution in [3.05, 3.63) is 72.3 Å². The zero-order valence-electron chi connectivity index (χ0n) is 16.0. The molecule has 0 amide bonds. The molecule has 3 rings (SSSR count). The smallest absolute Gasteiger partial charge is 0.160 e. The molecule has 1 N–H and O–H groups in total. The van der Waals surface area contributed by atoms with Crippen LogP contribution < -0.4 is 0 Å². The van der Waals surface area contributed by atoms with Crippen LogP contribution in [-0.2, 0) is 14.4 Å². The van der Waals surface area contributed by atoms with Crippen LogP contribution in [0.2, 0.25) is 0 Å². The maximum Gasteiger partial charge on any atom is 0.160 e. The zero-order chi connectivity index (χ0) is 20.1. The minimum absolute atomic E-state index is 0.184. The number of aliphatic hydroxyl groups is 1. The number of aromatic nitrogens is 3. The Bertz CT molecular complexity index is 929. The molecule has 0 saturated heterocycles. The quantitative estimate of drug-likeness (QED) is 0.354. The molecule has 3 aromatic rings. The van der Waals surface area contributed by atoms with E-state index >= 15 is 0 Å². The van der Waals surface area contributed by atoms with E-state index in [4.69, 9.17) is 7.80 Å². The largest absolute Gasteiger partial charge is 0.376 e. The minimum Gasteiger partial charge on any atom is -0.376 e. The van der Waals surface area contributed by atoms with Crippen molar-refractivity contribution in [1.82, 2.24) is 14.5 Å². The van der Waals surface area contributed by atoms with E-state index in [2.05, 4.69) is 16.5 Å². The molecule has 1 aromatic carbocycles. The molecular weight excluding hydrogens is 469 g/mol. The maximum atomic E-state index is 11.1. The van der Waals surface area contributed by atoms with E-state index in [9.17, 15) is 5.11 Å². The van der Waals surface area contributed by atoms with Gasteiger partial charge in [-0.2, -0.15) is 0 Å². The summed E-state index contributed by atoms with van der Waals surface area (Å²) >= 11 is 1.83. The molecule has 3 atom stereocenters. The first kappa shape index (κ1) is 20.9. The highest BCUT2D eigenvalue weighted by molar-refractivity contribution is 14.1. The molecule has 0 saturated carbocycles. The second-order valence-corrected chi connectivity index (χ2v) is 7.35. The van der Waals surface area contributed by atoms with Crippen molar-refractivity contribution < 1.29 is 12.9 Å². The molecule has 2 aromatic heterocycles. The Kier molecular flexibility index (Phi) is 7.17. The van der Waals surface area contributed by atoms with E-state index in [-0.39, 0.29) is 5.92 Å². The normalized spacial score (nSPS) is 14.7. The van der Waals surface area contributed by atoms with Crippen molar-refractivity contribution in [3.63, 3.8) is 0 Å². The topological polar surface area (TPSA) is 69.4 Å². The van der Waals surface area contributed by atoms with Gasteiger partial charge >= 0.3 is 0 Å². The molecule has 0 fully saturated rings. The van der Waals surface area contributed by atoms with Crippen LogP contribution in [0.15, 0.2) is 61.1 Å². The highest BCUT2D eigenvalue weighted by Crippen LogP contribution is 2.30. The van der Waals surface area contributed by atoms with Crippen LogP contribution in [0.5, 0.6) is 0 Å². The third-order valence-corrected chi connectivity index (χ3v) is 5.42. The van der Waals surface area contributed by atoms with E-state index < -0.39 is 12.3 Å². The summed E-state index contributed by atoms with van der Waals surface area (Å²) in [6.45, 7) is 8.81. The van der Waals surface area contributed by atoms with Crippen molar-refractivity contribution in [2.45, 2.75) is 32.8 Å². The highest BCUT2D eigenvalue weighted by Gasteiger charge is 2.32. The second-order valence-electron chi connectivity index (χ2n) is 6.84. The Morgan fingerprint density at radius 3 is 2.68 bits per heavy atom. The molecule has 3 unspecified atom stereocenters. The number of halogens is 1. The molecule has 0 radical (unpaired) electrons. The summed E-state index contributed by atoms with van der Waals surface area (Å²) in [5.41, 5.74) is 3.52. The van der Waals surface area contributed by atoms with Gasteiger partial charge in [-0.3, -0.25) is 0 Å². The Hall–Kier alpha value is -1.81. The van der Waals surface area contributed by atoms with Gasteiger partial charge in [-0.15, -0.1) is 0 Å². The van der Waals surface area contributed by atoms with Gasteiger partial charge < -0.3 is 17.5 Å². The van der Waals surface area contributed by atoms with Crippen LogP contribution >= 0.6 is 23.0 Å². The lowest BCUT2D eigenvalue weighted by atomic mass is 9.95. The average Bonchev–Trinajstić information content (AvgIpc) is 3.13. The van der Waals surface area contributed by atoms with Gasteiger partial charge in [-0.1, -0.05) is 42.5 Å². The van der Waals surface area contributed by atoms with Crippen LogP contribution in [0.3, 0.4) is 0 Å². The van der Waals surface area contributed by atoms with Crippen molar-refractivity contribution in [2.24, 2.45) is 5.92 Å². The van der Waals surface area contributed by atoms with Gasteiger partial charge in [-0.05, 0) is 25.5 Å². The molecule has 2 heterocycles. The number of aliphatic hydroxyl groups excluding tert-OH is 1. The van der Waals surface area contributed by atoms with Gasteiger partial charge in [0.1, 0.15) is 41.1 Å². The number of rotatable bonds is 9. The molecule has 28 heavy (non-hydrogen) atoms. The molecule has 0 aliphatic rings. The van der Waals surface area contributed by atoms with Crippen molar-refractivity contribution in [2.75, 3.05) is 6.61 Å². The Morgan fingerprint density at radius 2 is 2.00 bits per heavy atom. The number of hydrogen-bond acceptors (Lipinski definition) is 5. The first-order valence-electron chi connectivity index (χ1n) is 9.03. The van der Waals surface area contributed by atoms with Gasteiger partial charge in [0.15, 0.2) is 6.23 Å². The third-order valence-electron chi connectivity index (χ3n) is 4.83. The monoisotopic (exact) mass is 493 g/mol. The minimum atomic E-state index is -0.939. The summed E-state index contributed by atoms with van der Waals surface area (Å²) in [5.74, 6) is -0.184. The lowest BCUT2D eigenvalue weighted by Crippen LogP contribution is -2.35. The molecular formula is C21H24IN3O3. The number of nitrogens with zero attached hydrogens (tertiary/aromatic N) is 3. The van der Waals surface area contributed by atoms with Crippen LogP contribution in [0.4, 0.5) is 0 Å². The van der Waals surface area contributed by atoms with Crippen LogP contribution in [0.25, 0.3) is 11.0 Å². The van der Waals surface area contributed by atoms with Gasteiger partial charge in [0, 0.05) is 17.5 Å². The Morgan fingerprint density at radius 1 is 1.25 bits per heavy atom. The van der Waals surface area contributed by atoms with E-state index in [1.54, 1.807) is 10.8 Å². The van der Waals surface area contributed by atoms with Crippen LogP contribution in [-0.4, -0.2) is 32.4 Å². The van der Waals surface area contributed by atoms with Crippen molar-refractivity contribution in [3.8, 4) is 0 Å². The summed E-state index contributed by atoms with van der Waals surface area (Å²) in [6.07, 6.45) is 1.82. The second kappa shape index (κ2) is 9.60. The van der Waals surface area contributed by atoms with Crippen molar-refractivity contribution in [1.29, 1.82) is 0 Å². The first-order valence-corrected chi connectivity index (χ1v) is 9.91. The number of benzene rings is 1. The fraction of sp³-hybridized carbons (Fsp3) is 0.333. The molecule has 148 valence electrons. The predicted octanol–water partition coefficient (Wildman–Crippen LogP) is 4.37. The maximum absolute atomic E-state index is 11.1. The van der Waals surface area contributed by atoms with Gasteiger partial charge in [0.05, 0.1) is 18.9 Å². The summed E-state index contributed by atoms with van der Waals surface area (Å²) in [6, 6.07) is 11.9. The average molecular weight is 493 g/mol. The first-order chi connectivity index (χ1) is 13.5. The van der Waals surface area contributed by atoms with E-state index in [1.807, 2.05) is 73.3 Å². The fourth-order valence-corrected chi connectivity index (χ4v) is 3.80. The third kappa shape index (κ3) is 4.60. The molecule has 0 aliphatic carbocycles. The summed E-state index contributed by atoms with van der Waals surface area (Å²) in [7, 11) is 0. The molecule has 0 aliphatic heterocycles. The summed E-state index contributed by atoms with van der Waals surface area (Å²) in [4.78, 5) is 8.53. The lowest BCUT2D eigenvalue weighted by molar-refractivity contribution is -0.0365. The van der Waals surface area contributed by atoms with Crippen molar-refractivity contribution >= 4 is 34.0 Å². The van der Waals surface area contributed by atoms with E-state index in [0.717, 1.165) is 22.2 Å². The van der Waals surface area contributed by atoms with E-state index in [1.165, 1.54) is 6.33 Å². The van der Waals surface area contributed by atoms with E-state index in [0.29, 0.717) is 18.9 Å². The lowest BCUT2D eigenvalue weighted by Gasteiger charge is -2.30. The zero-order valence-corrected chi connectivity index (χ0v) is 18.1.